The third kappa shape index (κ3) is 4.89. The summed E-state index contributed by atoms with van der Waals surface area (Å²) >= 11 is 0. The number of ketones is 1. The molecular weight excluding hydrogens is 310 g/mol. The number of allylic oxidation sites excluding steroid dienone is 2. The molecule has 1 aliphatic carbocycles. The molecule has 0 N–H and O–H groups in total. The lowest BCUT2D eigenvalue weighted by Crippen LogP contribution is -2.28. The Morgan fingerprint density at radius 2 is 2.17 bits per heavy atom. The van der Waals surface area contributed by atoms with Crippen LogP contribution in [0.5, 0.6) is 0 Å². The van der Waals surface area contributed by atoms with Gasteiger partial charge in [0, 0.05) is 12.3 Å². The molecule has 1 aliphatic heterocycles. The summed E-state index contributed by atoms with van der Waals surface area (Å²) in [5, 5.41) is 9.23. The minimum atomic E-state index is -0.850. The zero-order valence-electron chi connectivity index (χ0n) is 14.1. The van der Waals surface area contributed by atoms with Crippen molar-refractivity contribution < 1.29 is 23.8 Å². The molecule has 0 aromatic rings. The number of hydrogen-bond donors (Lipinski definition) is 0. The number of ether oxygens (including phenoxy) is 3. The van der Waals surface area contributed by atoms with Crippen LogP contribution in [-0.2, 0) is 23.8 Å². The van der Waals surface area contributed by atoms with E-state index in [9.17, 15) is 14.9 Å². The summed E-state index contributed by atoms with van der Waals surface area (Å²) in [6.45, 7) is 1.35. The molecule has 24 heavy (non-hydrogen) atoms. The van der Waals surface area contributed by atoms with Gasteiger partial charge in [0.15, 0.2) is 6.29 Å². The number of esters is 1. The highest BCUT2D eigenvalue weighted by Gasteiger charge is 2.42. The predicted molar refractivity (Wildman–Crippen MR) is 85.6 cm³/mol. The van der Waals surface area contributed by atoms with Crippen LogP contribution in [0.1, 0.15) is 38.5 Å². The summed E-state index contributed by atoms with van der Waals surface area (Å²) in [7, 11) is 1.27. The molecule has 0 aromatic heterocycles. The molecule has 2 aliphatic rings. The van der Waals surface area contributed by atoms with Crippen molar-refractivity contribution in [2.45, 2.75) is 44.8 Å². The highest BCUT2D eigenvalue weighted by molar-refractivity contribution is 5.85. The predicted octanol–water partition coefficient (Wildman–Crippen LogP) is 2.38. The van der Waals surface area contributed by atoms with Crippen LogP contribution in [0.3, 0.4) is 0 Å². The Morgan fingerprint density at radius 3 is 2.83 bits per heavy atom. The molecule has 1 saturated carbocycles. The standard InChI is InChI=1S/C18H25NO5/c1-22-18(21)15(12-19)13-8-9-16(20)14(13)6-4-2-3-5-7-17-23-10-11-24-17/h2,4,13-15,17H,3,5-11H2,1H3/b4-2-/t13-,14+,15?/m1/s1. The van der Waals surface area contributed by atoms with Crippen molar-refractivity contribution in [1.29, 1.82) is 5.26 Å². The number of unbranched alkanes of at least 4 members (excludes halogenated alkanes) is 1. The minimum Gasteiger partial charge on any atom is -0.468 e. The van der Waals surface area contributed by atoms with Gasteiger partial charge in [0.05, 0.1) is 26.4 Å². The average molecular weight is 335 g/mol. The minimum absolute atomic E-state index is 0.0735. The van der Waals surface area contributed by atoms with Crippen LogP contribution in [0.25, 0.3) is 0 Å². The first kappa shape index (κ1) is 18.6. The molecule has 1 saturated heterocycles. The van der Waals surface area contributed by atoms with Gasteiger partial charge in [-0.05, 0) is 38.0 Å². The van der Waals surface area contributed by atoms with E-state index in [1.807, 2.05) is 12.1 Å². The Balaban J connectivity index is 1.78. The number of carbonyl (C=O) groups excluding carboxylic acids is 2. The topological polar surface area (TPSA) is 85.6 Å². The van der Waals surface area contributed by atoms with Crippen molar-refractivity contribution >= 4 is 11.8 Å². The Bertz CT molecular complexity index is 504. The molecule has 0 amide bonds. The van der Waals surface area contributed by atoms with Crippen LogP contribution in [-0.4, -0.2) is 38.4 Å². The molecule has 1 heterocycles. The van der Waals surface area contributed by atoms with Gasteiger partial charge in [-0.2, -0.15) is 5.26 Å². The fourth-order valence-electron chi connectivity index (χ4n) is 3.43. The van der Waals surface area contributed by atoms with E-state index in [2.05, 4.69) is 6.08 Å². The van der Waals surface area contributed by atoms with Crippen LogP contribution >= 0.6 is 0 Å². The van der Waals surface area contributed by atoms with Gasteiger partial charge in [-0.25, -0.2) is 0 Å². The fourth-order valence-corrected chi connectivity index (χ4v) is 3.43. The third-order valence-electron chi connectivity index (χ3n) is 4.73. The monoisotopic (exact) mass is 335 g/mol. The summed E-state index contributed by atoms with van der Waals surface area (Å²) in [5.74, 6) is -1.74. The number of Topliss-reactive ketones (excluding diaryl/α,β-unsaturated/α-hetero) is 1. The van der Waals surface area contributed by atoms with Crippen molar-refractivity contribution in [1.82, 2.24) is 0 Å². The van der Waals surface area contributed by atoms with Crippen molar-refractivity contribution in [3.8, 4) is 6.07 Å². The van der Waals surface area contributed by atoms with Gasteiger partial charge in [0.1, 0.15) is 11.7 Å². The lowest BCUT2D eigenvalue weighted by atomic mass is 9.82. The number of nitriles is 1. The van der Waals surface area contributed by atoms with Gasteiger partial charge in [-0.15, -0.1) is 0 Å². The second-order valence-corrected chi connectivity index (χ2v) is 6.21. The molecule has 1 unspecified atom stereocenters. The van der Waals surface area contributed by atoms with Crippen LogP contribution in [0.2, 0.25) is 0 Å². The van der Waals surface area contributed by atoms with Gasteiger partial charge in [0.2, 0.25) is 0 Å². The SMILES string of the molecule is COC(=O)C(C#N)[C@@H]1CCC(=O)[C@H]1C/C=C\CCCC1OCCO1. The van der Waals surface area contributed by atoms with E-state index in [-0.39, 0.29) is 23.9 Å². The van der Waals surface area contributed by atoms with Crippen LogP contribution < -0.4 is 0 Å². The van der Waals surface area contributed by atoms with E-state index >= 15 is 0 Å². The number of rotatable bonds is 8. The average Bonchev–Trinajstić information content (AvgIpc) is 3.22. The Labute approximate surface area is 142 Å². The molecule has 3 atom stereocenters. The Kier molecular flexibility index (Phi) is 7.41. The van der Waals surface area contributed by atoms with Crippen molar-refractivity contribution in [3.05, 3.63) is 12.2 Å². The third-order valence-corrected chi connectivity index (χ3v) is 4.73. The summed E-state index contributed by atoms with van der Waals surface area (Å²) in [5.41, 5.74) is 0. The first-order valence-electron chi connectivity index (χ1n) is 8.55. The summed E-state index contributed by atoms with van der Waals surface area (Å²) in [4.78, 5) is 23.8. The van der Waals surface area contributed by atoms with Gasteiger partial charge in [-0.1, -0.05) is 12.2 Å². The van der Waals surface area contributed by atoms with Gasteiger partial charge >= 0.3 is 5.97 Å². The zero-order valence-corrected chi connectivity index (χ0v) is 14.1. The van der Waals surface area contributed by atoms with Gasteiger partial charge in [-0.3, -0.25) is 9.59 Å². The number of hydrogen-bond acceptors (Lipinski definition) is 6. The van der Waals surface area contributed by atoms with Crippen LogP contribution in [0, 0.1) is 29.1 Å². The lowest BCUT2D eigenvalue weighted by molar-refractivity contribution is -0.145. The second kappa shape index (κ2) is 9.55. The first-order chi connectivity index (χ1) is 11.7. The van der Waals surface area contributed by atoms with E-state index in [4.69, 9.17) is 14.2 Å². The highest BCUT2D eigenvalue weighted by atomic mass is 16.7. The molecule has 0 spiro atoms. The first-order valence-corrected chi connectivity index (χ1v) is 8.55. The normalized spacial score (nSPS) is 25.9. The van der Waals surface area contributed by atoms with Gasteiger partial charge < -0.3 is 14.2 Å². The summed E-state index contributed by atoms with van der Waals surface area (Å²) < 4.78 is 15.4. The van der Waals surface area contributed by atoms with Crippen molar-refractivity contribution in [2.24, 2.45) is 17.8 Å². The second-order valence-electron chi connectivity index (χ2n) is 6.21. The largest absolute Gasteiger partial charge is 0.468 e. The molecule has 2 rings (SSSR count). The quantitative estimate of drug-likeness (QED) is 0.384. The van der Waals surface area contributed by atoms with Crippen LogP contribution in [0.15, 0.2) is 12.2 Å². The number of carbonyl (C=O) groups is 2. The van der Waals surface area contributed by atoms with Crippen molar-refractivity contribution in [3.63, 3.8) is 0 Å². The van der Waals surface area contributed by atoms with Gasteiger partial charge in [0.25, 0.3) is 0 Å². The molecular formula is C18H25NO5. The molecule has 6 heteroatoms. The molecule has 6 nitrogen and oxygen atoms in total. The lowest BCUT2D eigenvalue weighted by Gasteiger charge is -2.20. The number of methoxy groups -OCH3 is 1. The van der Waals surface area contributed by atoms with E-state index < -0.39 is 11.9 Å². The molecule has 132 valence electrons. The smallest absolute Gasteiger partial charge is 0.323 e. The fraction of sp³-hybridized carbons (Fsp3) is 0.722. The maximum atomic E-state index is 12.1. The highest BCUT2D eigenvalue weighted by Crippen LogP contribution is 2.37. The number of nitrogens with zero attached hydrogens (tertiary/aromatic N) is 1. The van der Waals surface area contributed by atoms with E-state index in [0.717, 1.165) is 19.3 Å². The van der Waals surface area contributed by atoms with E-state index in [1.54, 1.807) is 0 Å². The Hall–Kier alpha value is -1.71. The zero-order chi connectivity index (χ0) is 17.4. The maximum absolute atomic E-state index is 12.1. The summed E-state index contributed by atoms with van der Waals surface area (Å²) in [6, 6.07) is 2.01. The van der Waals surface area contributed by atoms with E-state index in [1.165, 1.54) is 7.11 Å². The summed E-state index contributed by atoms with van der Waals surface area (Å²) in [6.07, 6.45) is 8.30. The molecule has 0 radical (unpaired) electrons. The Morgan fingerprint density at radius 1 is 1.42 bits per heavy atom. The molecule has 2 fully saturated rings. The molecule has 0 aromatic carbocycles. The van der Waals surface area contributed by atoms with Crippen molar-refractivity contribution in [2.75, 3.05) is 20.3 Å². The van der Waals surface area contributed by atoms with E-state index in [0.29, 0.717) is 32.5 Å². The maximum Gasteiger partial charge on any atom is 0.323 e. The van der Waals surface area contributed by atoms with Crippen LogP contribution in [0.4, 0.5) is 0 Å². The molecule has 0 bridgehead atoms.